The fourth-order valence-corrected chi connectivity index (χ4v) is 3.30. The highest BCUT2D eigenvalue weighted by molar-refractivity contribution is 7.89. The standard InChI is InChI=1S/C14H23N3O2S/c1-11(2)17-20(18,19)13-5-3-12(4-6-13)16-10-14(9-15)7-8-14/h3-6,11,16-17H,7-10,15H2,1-2H3. The minimum Gasteiger partial charge on any atom is -0.384 e. The molecular formula is C14H23N3O2S. The van der Waals surface area contributed by atoms with E-state index in [0.717, 1.165) is 12.2 Å². The quantitative estimate of drug-likeness (QED) is 0.712. The van der Waals surface area contributed by atoms with Crippen molar-refractivity contribution in [1.29, 1.82) is 0 Å². The molecule has 1 aliphatic carbocycles. The van der Waals surface area contributed by atoms with E-state index in [4.69, 9.17) is 5.73 Å². The highest BCUT2D eigenvalue weighted by Crippen LogP contribution is 2.44. The summed E-state index contributed by atoms with van der Waals surface area (Å²) >= 11 is 0. The van der Waals surface area contributed by atoms with Crippen LogP contribution in [0, 0.1) is 5.41 Å². The lowest BCUT2D eigenvalue weighted by Crippen LogP contribution is -2.30. The summed E-state index contributed by atoms with van der Waals surface area (Å²) in [4.78, 5) is 0.289. The first-order valence-corrected chi connectivity index (χ1v) is 8.42. The molecule has 0 radical (unpaired) electrons. The van der Waals surface area contributed by atoms with Crippen LogP contribution in [0.25, 0.3) is 0 Å². The molecule has 0 atom stereocenters. The average Bonchev–Trinajstić information content (AvgIpc) is 3.16. The number of benzene rings is 1. The highest BCUT2D eigenvalue weighted by atomic mass is 32.2. The van der Waals surface area contributed by atoms with Crippen molar-refractivity contribution >= 4 is 15.7 Å². The zero-order chi connectivity index (χ0) is 14.8. The van der Waals surface area contributed by atoms with Gasteiger partial charge in [-0.1, -0.05) is 0 Å². The molecule has 1 saturated carbocycles. The number of hydrogen-bond acceptors (Lipinski definition) is 4. The van der Waals surface area contributed by atoms with Crippen LogP contribution in [-0.4, -0.2) is 27.5 Å². The summed E-state index contributed by atoms with van der Waals surface area (Å²) in [5.74, 6) is 0. The van der Waals surface area contributed by atoms with Crippen LogP contribution in [0.15, 0.2) is 29.2 Å². The summed E-state index contributed by atoms with van der Waals surface area (Å²) in [5.41, 5.74) is 6.91. The SMILES string of the molecule is CC(C)NS(=O)(=O)c1ccc(NCC2(CN)CC2)cc1. The maximum Gasteiger partial charge on any atom is 0.240 e. The van der Waals surface area contributed by atoms with E-state index in [-0.39, 0.29) is 16.4 Å². The predicted molar refractivity (Wildman–Crippen MR) is 81.1 cm³/mol. The summed E-state index contributed by atoms with van der Waals surface area (Å²) in [5, 5.41) is 3.32. The maximum atomic E-state index is 12.0. The first-order valence-electron chi connectivity index (χ1n) is 6.93. The van der Waals surface area contributed by atoms with E-state index in [1.165, 1.54) is 12.8 Å². The van der Waals surface area contributed by atoms with Crippen LogP contribution >= 0.6 is 0 Å². The van der Waals surface area contributed by atoms with Crippen LogP contribution in [0.1, 0.15) is 26.7 Å². The van der Waals surface area contributed by atoms with Crippen molar-refractivity contribution in [3.63, 3.8) is 0 Å². The average molecular weight is 297 g/mol. The predicted octanol–water partition coefficient (Wildman–Crippen LogP) is 1.52. The second-order valence-electron chi connectivity index (χ2n) is 5.86. The van der Waals surface area contributed by atoms with Gasteiger partial charge < -0.3 is 11.1 Å². The highest BCUT2D eigenvalue weighted by Gasteiger charge is 2.40. The van der Waals surface area contributed by atoms with Gasteiger partial charge in [0.1, 0.15) is 0 Å². The zero-order valence-corrected chi connectivity index (χ0v) is 12.8. The van der Waals surface area contributed by atoms with E-state index >= 15 is 0 Å². The fraction of sp³-hybridized carbons (Fsp3) is 0.571. The largest absolute Gasteiger partial charge is 0.384 e. The minimum atomic E-state index is -3.41. The van der Waals surface area contributed by atoms with Gasteiger partial charge in [-0.05, 0) is 62.9 Å². The monoisotopic (exact) mass is 297 g/mol. The van der Waals surface area contributed by atoms with Gasteiger partial charge in [-0.25, -0.2) is 13.1 Å². The third kappa shape index (κ3) is 3.71. The van der Waals surface area contributed by atoms with Gasteiger partial charge in [0, 0.05) is 18.3 Å². The Morgan fingerprint density at radius 3 is 2.30 bits per heavy atom. The van der Waals surface area contributed by atoms with Crippen LogP contribution in [0.2, 0.25) is 0 Å². The molecular weight excluding hydrogens is 274 g/mol. The van der Waals surface area contributed by atoms with Crippen molar-refractivity contribution in [2.45, 2.75) is 37.6 Å². The second-order valence-corrected chi connectivity index (χ2v) is 7.57. The lowest BCUT2D eigenvalue weighted by molar-refractivity contribution is 0.556. The Balaban J connectivity index is 1.99. The molecule has 0 unspecified atom stereocenters. The summed E-state index contributed by atoms with van der Waals surface area (Å²) in [6, 6.07) is 6.71. The third-order valence-corrected chi connectivity index (χ3v) is 5.29. The molecule has 4 N–H and O–H groups in total. The van der Waals surface area contributed by atoms with E-state index in [1.807, 2.05) is 0 Å². The van der Waals surface area contributed by atoms with E-state index in [1.54, 1.807) is 38.1 Å². The van der Waals surface area contributed by atoms with Gasteiger partial charge in [0.25, 0.3) is 0 Å². The molecule has 5 nitrogen and oxygen atoms in total. The van der Waals surface area contributed by atoms with Gasteiger partial charge in [-0.3, -0.25) is 0 Å². The molecule has 0 aromatic heterocycles. The molecule has 112 valence electrons. The van der Waals surface area contributed by atoms with E-state index in [2.05, 4.69) is 10.0 Å². The van der Waals surface area contributed by atoms with Crippen molar-refractivity contribution in [3.8, 4) is 0 Å². The minimum absolute atomic E-state index is 0.114. The van der Waals surface area contributed by atoms with Crippen molar-refractivity contribution in [2.24, 2.45) is 11.1 Å². The van der Waals surface area contributed by atoms with Crippen LogP contribution in [-0.2, 0) is 10.0 Å². The lowest BCUT2D eigenvalue weighted by atomic mass is 10.1. The molecule has 0 saturated heterocycles. The molecule has 1 aromatic carbocycles. The zero-order valence-electron chi connectivity index (χ0n) is 12.0. The first-order chi connectivity index (χ1) is 9.37. The molecule has 1 aliphatic rings. The van der Waals surface area contributed by atoms with Gasteiger partial charge in [0.2, 0.25) is 10.0 Å². The molecule has 0 amide bonds. The number of hydrogen-bond donors (Lipinski definition) is 3. The van der Waals surface area contributed by atoms with Crippen molar-refractivity contribution in [3.05, 3.63) is 24.3 Å². The molecule has 0 heterocycles. The van der Waals surface area contributed by atoms with Crippen LogP contribution in [0.3, 0.4) is 0 Å². The Morgan fingerprint density at radius 1 is 1.25 bits per heavy atom. The Kier molecular flexibility index (Phi) is 4.36. The van der Waals surface area contributed by atoms with Crippen molar-refractivity contribution < 1.29 is 8.42 Å². The van der Waals surface area contributed by atoms with E-state index < -0.39 is 10.0 Å². The van der Waals surface area contributed by atoms with Crippen LogP contribution < -0.4 is 15.8 Å². The molecule has 0 bridgehead atoms. The van der Waals surface area contributed by atoms with Crippen molar-refractivity contribution in [2.75, 3.05) is 18.4 Å². The Hall–Kier alpha value is -1.11. The molecule has 2 rings (SSSR count). The van der Waals surface area contributed by atoms with E-state index in [0.29, 0.717) is 6.54 Å². The number of nitrogens with two attached hydrogens (primary N) is 1. The Morgan fingerprint density at radius 2 is 1.85 bits per heavy atom. The summed E-state index contributed by atoms with van der Waals surface area (Å²) < 4.78 is 26.5. The normalized spacial score (nSPS) is 17.2. The van der Waals surface area contributed by atoms with Crippen molar-refractivity contribution in [1.82, 2.24) is 4.72 Å². The summed E-state index contributed by atoms with van der Waals surface area (Å²) in [7, 11) is -3.41. The lowest BCUT2D eigenvalue weighted by Gasteiger charge is -2.15. The van der Waals surface area contributed by atoms with Gasteiger partial charge in [0.05, 0.1) is 4.90 Å². The molecule has 1 aromatic rings. The Labute approximate surface area is 121 Å². The molecule has 20 heavy (non-hydrogen) atoms. The van der Waals surface area contributed by atoms with Gasteiger partial charge in [0.15, 0.2) is 0 Å². The molecule has 0 spiro atoms. The summed E-state index contributed by atoms with van der Waals surface area (Å²) in [6.07, 6.45) is 2.34. The number of sulfonamides is 1. The van der Waals surface area contributed by atoms with Gasteiger partial charge >= 0.3 is 0 Å². The second kappa shape index (κ2) is 5.71. The topological polar surface area (TPSA) is 84.2 Å². The first kappa shape index (κ1) is 15.3. The molecule has 6 heteroatoms. The number of rotatable bonds is 7. The molecule has 1 fully saturated rings. The number of anilines is 1. The summed E-state index contributed by atoms with van der Waals surface area (Å²) in [6.45, 7) is 5.15. The van der Waals surface area contributed by atoms with Crippen LogP contribution in [0.4, 0.5) is 5.69 Å². The fourth-order valence-electron chi connectivity index (χ4n) is 2.05. The Bertz CT molecular complexity index is 548. The smallest absolute Gasteiger partial charge is 0.240 e. The van der Waals surface area contributed by atoms with Gasteiger partial charge in [-0.15, -0.1) is 0 Å². The van der Waals surface area contributed by atoms with Gasteiger partial charge in [-0.2, -0.15) is 0 Å². The number of nitrogens with one attached hydrogen (secondary N) is 2. The molecule has 0 aliphatic heterocycles. The van der Waals surface area contributed by atoms with Crippen LogP contribution in [0.5, 0.6) is 0 Å². The van der Waals surface area contributed by atoms with E-state index in [9.17, 15) is 8.42 Å². The maximum absolute atomic E-state index is 12.0. The third-order valence-electron chi connectivity index (χ3n) is 3.61.